The molecule has 2 heterocycles. The van der Waals surface area contributed by atoms with Crippen LogP contribution in [-0.4, -0.2) is 60.6 Å². The molecule has 0 N–H and O–H groups in total. The van der Waals surface area contributed by atoms with Crippen molar-refractivity contribution in [2.75, 3.05) is 32.8 Å². The molecule has 0 saturated carbocycles. The van der Waals surface area contributed by atoms with E-state index in [0.717, 1.165) is 32.1 Å². The number of hydrogen-bond acceptors (Lipinski definition) is 3. The smallest absolute Gasteiger partial charge is 0.227 e. The highest BCUT2D eigenvalue weighted by Gasteiger charge is 2.36. The van der Waals surface area contributed by atoms with E-state index in [1.54, 1.807) is 4.90 Å². The number of piperazine rings is 1. The third-order valence-electron chi connectivity index (χ3n) is 4.97. The molecule has 0 aromatic heterocycles. The topological polar surface area (TPSA) is 32.8 Å². The molecule has 3 rings (SSSR count). The summed E-state index contributed by atoms with van der Waals surface area (Å²) in [5, 5.41) is 0. The zero-order chi connectivity index (χ0) is 17.1. The van der Waals surface area contributed by atoms with Gasteiger partial charge in [0.1, 0.15) is 0 Å². The van der Waals surface area contributed by atoms with Crippen LogP contribution in [0.4, 0.5) is 8.78 Å². The molecule has 4 nitrogen and oxygen atoms in total. The first-order chi connectivity index (χ1) is 11.6. The Morgan fingerprint density at radius 3 is 2.92 bits per heavy atom. The van der Waals surface area contributed by atoms with Crippen LogP contribution in [-0.2, 0) is 16.0 Å². The first-order valence-electron chi connectivity index (χ1n) is 8.64. The number of rotatable bonds is 4. The minimum Gasteiger partial charge on any atom is -0.378 e. The molecule has 2 atom stereocenters. The number of carbonyl (C=O) groups excluding carboxylic acids is 1. The number of nitrogens with zero attached hydrogens (tertiary/aromatic N) is 2. The van der Waals surface area contributed by atoms with Crippen LogP contribution in [0, 0.1) is 11.6 Å². The van der Waals surface area contributed by atoms with Crippen LogP contribution in [0.25, 0.3) is 0 Å². The SMILES string of the molecule is CCC[C@H]1COC[C@H]2CN(C(=O)Cc3cccc(F)c3F)CCN12. The van der Waals surface area contributed by atoms with Gasteiger partial charge in [-0.25, -0.2) is 8.78 Å². The highest BCUT2D eigenvalue weighted by Crippen LogP contribution is 2.22. The molecule has 0 aliphatic carbocycles. The Hall–Kier alpha value is -1.53. The summed E-state index contributed by atoms with van der Waals surface area (Å²) in [5.41, 5.74) is 0.117. The predicted octanol–water partition coefficient (Wildman–Crippen LogP) is 2.22. The average molecular weight is 338 g/mol. The van der Waals surface area contributed by atoms with E-state index in [1.165, 1.54) is 12.1 Å². The van der Waals surface area contributed by atoms with Gasteiger partial charge in [0.25, 0.3) is 0 Å². The fraction of sp³-hybridized carbons (Fsp3) is 0.611. The third kappa shape index (κ3) is 3.59. The van der Waals surface area contributed by atoms with E-state index in [2.05, 4.69) is 11.8 Å². The first-order valence-corrected chi connectivity index (χ1v) is 8.64. The summed E-state index contributed by atoms with van der Waals surface area (Å²) in [6.45, 7) is 5.58. The molecule has 2 aliphatic heterocycles. The summed E-state index contributed by atoms with van der Waals surface area (Å²) in [7, 11) is 0. The van der Waals surface area contributed by atoms with Crippen molar-refractivity contribution in [2.45, 2.75) is 38.3 Å². The Morgan fingerprint density at radius 2 is 2.12 bits per heavy atom. The molecule has 132 valence electrons. The van der Waals surface area contributed by atoms with Gasteiger partial charge < -0.3 is 9.64 Å². The maximum atomic E-state index is 13.8. The number of fused-ring (bicyclic) bond motifs is 1. The predicted molar refractivity (Wildman–Crippen MR) is 86.7 cm³/mol. The monoisotopic (exact) mass is 338 g/mol. The molecule has 2 aliphatic rings. The van der Waals surface area contributed by atoms with Crippen LogP contribution in [0.1, 0.15) is 25.3 Å². The van der Waals surface area contributed by atoms with Gasteiger partial charge >= 0.3 is 0 Å². The molecule has 2 saturated heterocycles. The molecule has 1 aromatic rings. The van der Waals surface area contributed by atoms with Crippen molar-refractivity contribution in [3.05, 3.63) is 35.4 Å². The highest BCUT2D eigenvalue weighted by molar-refractivity contribution is 5.79. The normalized spacial score (nSPS) is 24.7. The van der Waals surface area contributed by atoms with Crippen molar-refractivity contribution in [3.63, 3.8) is 0 Å². The molecule has 1 aromatic carbocycles. The average Bonchev–Trinajstić information content (AvgIpc) is 2.59. The summed E-state index contributed by atoms with van der Waals surface area (Å²) in [6.07, 6.45) is 2.10. The zero-order valence-corrected chi connectivity index (χ0v) is 14.0. The van der Waals surface area contributed by atoms with Crippen molar-refractivity contribution in [1.82, 2.24) is 9.80 Å². The molecule has 1 amide bonds. The maximum absolute atomic E-state index is 13.8. The maximum Gasteiger partial charge on any atom is 0.227 e. The summed E-state index contributed by atoms with van der Waals surface area (Å²) in [4.78, 5) is 16.7. The second-order valence-corrected chi connectivity index (χ2v) is 6.60. The lowest BCUT2D eigenvalue weighted by molar-refractivity contribution is -0.139. The number of benzene rings is 1. The number of carbonyl (C=O) groups is 1. The zero-order valence-electron chi connectivity index (χ0n) is 14.0. The molecule has 0 unspecified atom stereocenters. The van der Waals surface area contributed by atoms with Crippen molar-refractivity contribution >= 4 is 5.91 Å². The first kappa shape index (κ1) is 17.3. The van der Waals surface area contributed by atoms with Crippen LogP contribution in [0.2, 0.25) is 0 Å². The minimum atomic E-state index is -0.923. The van der Waals surface area contributed by atoms with Gasteiger partial charge in [-0.3, -0.25) is 9.69 Å². The molecule has 24 heavy (non-hydrogen) atoms. The minimum absolute atomic E-state index is 0.102. The summed E-state index contributed by atoms with van der Waals surface area (Å²) in [6, 6.07) is 4.59. The number of morpholine rings is 1. The number of amides is 1. The van der Waals surface area contributed by atoms with Crippen molar-refractivity contribution in [2.24, 2.45) is 0 Å². The van der Waals surface area contributed by atoms with Gasteiger partial charge in [0.15, 0.2) is 11.6 Å². The van der Waals surface area contributed by atoms with Crippen LogP contribution in [0.15, 0.2) is 18.2 Å². The second kappa shape index (κ2) is 7.57. The Labute approximate surface area is 141 Å². The Bertz CT molecular complexity index is 594. The Kier molecular flexibility index (Phi) is 5.46. The summed E-state index contributed by atoms with van der Waals surface area (Å²) < 4.78 is 32.7. The van der Waals surface area contributed by atoms with Crippen LogP contribution < -0.4 is 0 Å². The van der Waals surface area contributed by atoms with E-state index in [1.807, 2.05) is 0 Å². The molecule has 0 bridgehead atoms. The van der Waals surface area contributed by atoms with Gasteiger partial charge in [0.05, 0.1) is 25.7 Å². The highest BCUT2D eigenvalue weighted by atomic mass is 19.2. The quantitative estimate of drug-likeness (QED) is 0.844. The van der Waals surface area contributed by atoms with Crippen molar-refractivity contribution in [3.8, 4) is 0 Å². The van der Waals surface area contributed by atoms with Crippen LogP contribution in [0.5, 0.6) is 0 Å². The fourth-order valence-electron chi connectivity index (χ4n) is 3.70. The number of ether oxygens (including phenoxy) is 1. The van der Waals surface area contributed by atoms with Gasteiger partial charge in [0.2, 0.25) is 5.91 Å². The van der Waals surface area contributed by atoms with Gasteiger partial charge in [0, 0.05) is 31.2 Å². The molecular formula is C18H24F2N2O2. The largest absolute Gasteiger partial charge is 0.378 e. The lowest BCUT2D eigenvalue weighted by Gasteiger charge is -2.48. The van der Waals surface area contributed by atoms with Gasteiger partial charge in [-0.15, -0.1) is 0 Å². The van der Waals surface area contributed by atoms with Gasteiger partial charge in [-0.2, -0.15) is 0 Å². The lowest BCUT2D eigenvalue weighted by Crippen LogP contribution is -2.62. The van der Waals surface area contributed by atoms with E-state index in [4.69, 9.17) is 4.74 Å². The summed E-state index contributed by atoms with van der Waals surface area (Å²) >= 11 is 0. The molecule has 0 radical (unpaired) electrons. The van der Waals surface area contributed by atoms with Crippen molar-refractivity contribution in [1.29, 1.82) is 0 Å². The number of hydrogen-bond donors (Lipinski definition) is 0. The van der Waals surface area contributed by atoms with Crippen LogP contribution in [0.3, 0.4) is 0 Å². The molecule has 6 heteroatoms. The van der Waals surface area contributed by atoms with Crippen LogP contribution >= 0.6 is 0 Å². The van der Waals surface area contributed by atoms with E-state index in [9.17, 15) is 13.6 Å². The van der Waals surface area contributed by atoms with Crippen molar-refractivity contribution < 1.29 is 18.3 Å². The number of halogens is 2. The second-order valence-electron chi connectivity index (χ2n) is 6.60. The van der Waals surface area contributed by atoms with E-state index >= 15 is 0 Å². The van der Waals surface area contributed by atoms with E-state index in [0.29, 0.717) is 25.7 Å². The fourth-order valence-corrected chi connectivity index (χ4v) is 3.70. The third-order valence-corrected chi connectivity index (χ3v) is 4.97. The molecular weight excluding hydrogens is 314 g/mol. The van der Waals surface area contributed by atoms with E-state index in [-0.39, 0.29) is 23.9 Å². The summed E-state index contributed by atoms with van der Waals surface area (Å²) in [5.74, 6) is -1.99. The molecule has 0 spiro atoms. The molecule has 2 fully saturated rings. The van der Waals surface area contributed by atoms with Gasteiger partial charge in [-0.05, 0) is 12.5 Å². The standard InChI is InChI=1S/C18H24F2N2O2/c1-2-4-14-11-24-12-15-10-21(7-8-22(14)15)17(23)9-13-5-3-6-16(19)18(13)20/h3,5-6,14-15H,2,4,7-12H2,1H3/t14-,15+/m0/s1. The Morgan fingerprint density at radius 1 is 1.29 bits per heavy atom. The van der Waals surface area contributed by atoms with Gasteiger partial charge in [-0.1, -0.05) is 25.5 Å². The lowest BCUT2D eigenvalue weighted by atomic mass is 10.0. The van der Waals surface area contributed by atoms with E-state index < -0.39 is 11.6 Å². The Balaban J connectivity index is 1.62.